The number of hydrogen-bond acceptors (Lipinski definition) is 8. The number of nitriles is 1. The maximum atomic E-state index is 13.0. The van der Waals surface area contributed by atoms with E-state index in [9.17, 15) is 23.3 Å². The number of nitrogen functional groups attached to an aromatic ring is 1. The number of carbonyl (C=O) groups is 1. The van der Waals surface area contributed by atoms with Crippen molar-refractivity contribution in [2.24, 2.45) is 5.92 Å². The van der Waals surface area contributed by atoms with Gasteiger partial charge in [0.1, 0.15) is 17.5 Å². The second-order valence-corrected chi connectivity index (χ2v) is 8.60. The number of hydrogen-bond donors (Lipinski definition) is 1. The Kier molecular flexibility index (Phi) is 5.36. The van der Waals surface area contributed by atoms with E-state index in [4.69, 9.17) is 11.0 Å². The summed E-state index contributed by atoms with van der Waals surface area (Å²) in [4.78, 5) is 22.8. The lowest BCUT2D eigenvalue weighted by Gasteiger charge is -2.30. The Hall–Kier alpha value is -3.30. The van der Waals surface area contributed by atoms with E-state index in [1.54, 1.807) is 6.92 Å². The van der Waals surface area contributed by atoms with Gasteiger partial charge in [0.05, 0.1) is 16.0 Å². The highest BCUT2D eigenvalue weighted by Gasteiger charge is 2.34. The van der Waals surface area contributed by atoms with Crippen LogP contribution in [-0.4, -0.2) is 46.4 Å². The third-order valence-corrected chi connectivity index (χ3v) is 6.98. The first-order chi connectivity index (χ1) is 13.7. The van der Waals surface area contributed by atoms with Gasteiger partial charge in [-0.25, -0.2) is 8.42 Å². The van der Waals surface area contributed by atoms with Crippen molar-refractivity contribution in [1.82, 2.24) is 14.1 Å². The molecule has 2 N–H and O–H groups in total. The highest BCUT2D eigenvalue weighted by Crippen LogP contribution is 2.29. The van der Waals surface area contributed by atoms with E-state index in [1.165, 1.54) is 22.6 Å². The van der Waals surface area contributed by atoms with E-state index in [2.05, 4.69) is 5.10 Å². The first-order valence-corrected chi connectivity index (χ1v) is 10.1. The summed E-state index contributed by atoms with van der Waals surface area (Å²) < 4.78 is 28.1. The molecule has 152 valence electrons. The van der Waals surface area contributed by atoms with Gasteiger partial charge in [0.15, 0.2) is 0 Å². The summed E-state index contributed by atoms with van der Waals surface area (Å²) >= 11 is 0. The van der Waals surface area contributed by atoms with Crippen molar-refractivity contribution >= 4 is 27.4 Å². The standard InChI is InChI=1S/C17H18N6O5S/c1-11-2-3-14(23(25)26)8-15(11)29(27,28)21-6-4-12(5-7-21)17(24)22-16(19)13(9-18)10-20-22/h2-3,8,10,12H,4-7,19H2,1H3. The molecule has 2 aromatic rings. The molecule has 1 fully saturated rings. The van der Waals surface area contributed by atoms with Crippen molar-refractivity contribution in [3.05, 3.63) is 45.6 Å². The predicted octanol–water partition coefficient (Wildman–Crippen LogP) is 1.29. The van der Waals surface area contributed by atoms with Crippen molar-refractivity contribution in [2.45, 2.75) is 24.7 Å². The van der Waals surface area contributed by atoms with Gasteiger partial charge in [-0.2, -0.15) is 19.3 Å². The number of aryl methyl sites for hydroxylation is 1. The number of nitro benzene ring substituents is 1. The summed E-state index contributed by atoms with van der Waals surface area (Å²) in [5.74, 6) is -0.936. The first kappa shape index (κ1) is 20.4. The van der Waals surface area contributed by atoms with Gasteiger partial charge in [-0.3, -0.25) is 14.9 Å². The smallest absolute Gasteiger partial charge is 0.270 e. The Morgan fingerprint density at radius 3 is 2.59 bits per heavy atom. The molecule has 0 bridgehead atoms. The average Bonchev–Trinajstić information content (AvgIpc) is 3.08. The second kappa shape index (κ2) is 7.61. The molecule has 0 unspecified atom stereocenters. The molecule has 1 aliphatic rings. The van der Waals surface area contributed by atoms with Crippen LogP contribution < -0.4 is 5.73 Å². The average molecular weight is 418 g/mol. The summed E-state index contributed by atoms with van der Waals surface area (Å²) in [6.45, 7) is 1.72. The summed E-state index contributed by atoms with van der Waals surface area (Å²) in [5, 5.41) is 23.8. The molecule has 12 heteroatoms. The summed E-state index contributed by atoms with van der Waals surface area (Å²) in [7, 11) is -3.94. The minimum absolute atomic E-state index is 0.0419. The molecule has 29 heavy (non-hydrogen) atoms. The molecule has 0 radical (unpaired) electrons. The van der Waals surface area contributed by atoms with E-state index < -0.39 is 26.8 Å². The third kappa shape index (κ3) is 3.69. The van der Waals surface area contributed by atoms with Gasteiger partial charge in [0.25, 0.3) is 11.6 Å². The number of anilines is 1. The number of carbonyl (C=O) groups excluding carboxylic acids is 1. The van der Waals surface area contributed by atoms with Crippen LogP contribution >= 0.6 is 0 Å². The number of nitrogens with two attached hydrogens (primary N) is 1. The fourth-order valence-electron chi connectivity index (χ4n) is 3.26. The highest BCUT2D eigenvalue weighted by molar-refractivity contribution is 7.89. The minimum Gasteiger partial charge on any atom is -0.382 e. The maximum absolute atomic E-state index is 13.0. The molecular weight excluding hydrogens is 400 g/mol. The Morgan fingerprint density at radius 2 is 2.03 bits per heavy atom. The van der Waals surface area contributed by atoms with Crippen LogP contribution in [0, 0.1) is 34.3 Å². The molecule has 1 saturated heterocycles. The van der Waals surface area contributed by atoms with Crippen LogP contribution in [0.5, 0.6) is 0 Å². The molecule has 0 saturated carbocycles. The molecule has 0 amide bonds. The van der Waals surface area contributed by atoms with Gasteiger partial charge in [-0.05, 0) is 25.3 Å². The quantitative estimate of drug-likeness (QED) is 0.573. The van der Waals surface area contributed by atoms with Gasteiger partial charge in [0.2, 0.25) is 10.0 Å². The molecule has 1 aromatic carbocycles. The summed E-state index contributed by atoms with van der Waals surface area (Å²) in [6.07, 6.45) is 1.69. The molecule has 1 aliphatic heterocycles. The third-order valence-electron chi connectivity index (χ3n) is 4.94. The zero-order valence-corrected chi connectivity index (χ0v) is 16.3. The van der Waals surface area contributed by atoms with Crippen LogP contribution in [0.3, 0.4) is 0 Å². The monoisotopic (exact) mass is 418 g/mol. The molecule has 0 aliphatic carbocycles. The number of rotatable bonds is 4. The Labute approximate surface area is 166 Å². The zero-order valence-electron chi connectivity index (χ0n) is 15.5. The Morgan fingerprint density at radius 1 is 1.38 bits per heavy atom. The normalized spacial score (nSPS) is 15.7. The van der Waals surface area contributed by atoms with E-state index in [0.717, 1.165) is 10.7 Å². The van der Waals surface area contributed by atoms with E-state index in [0.29, 0.717) is 5.56 Å². The van der Waals surface area contributed by atoms with E-state index >= 15 is 0 Å². The summed E-state index contributed by atoms with van der Waals surface area (Å²) in [5.41, 5.74) is 5.94. The molecule has 0 spiro atoms. The number of nitro groups is 1. The van der Waals surface area contributed by atoms with Crippen LogP contribution in [0.2, 0.25) is 0 Å². The molecule has 0 atom stereocenters. The first-order valence-electron chi connectivity index (χ1n) is 8.69. The number of nitrogens with zero attached hydrogens (tertiary/aromatic N) is 5. The van der Waals surface area contributed by atoms with Crippen molar-refractivity contribution in [3.8, 4) is 6.07 Å². The Balaban J connectivity index is 1.77. The largest absolute Gasteiger partial charge is 0.382 e. The van der Waals surface area contributed by atoms with Crippen LogP contribution in [0.15, 0.2) is 29.3 Å². The fraction of sp³-hybridized carbons (Fsp3) is 0.353. The number of piperidine rings is 1. The zero-order chi connectivity index (χ0) is 21.3. The topological polar surface area (TPSA) is 165 Å². The van der Waals surface area contributed by atoms with Gasteiger partial charge >= 0.3 is 0 Å². The van der Waals surface area contributed by atoms with E-state index in [1.807, 2.05) is 6.07 Å². The molecule has 1 aromatic heterocycles. The van der Waals surface area contributed by atoms with Crippen molar-refractivity contribution in [1.29, 1.82) is 5.26 Å². The lowest BCUT2D eigenvalue weighted by Crippen LogP contribution is -2.41. The van der Waals surface area contributed by atoms with Gasteiger partial charge in [0, 0.05) is 31.1 Å². The van der Waals surface area contributed by atoms with Crippen LogP contribution in [0.25, 0.3) is 0 Å². The van der Waals surface area contributed by atoms with E-state index in [-0.39, 0.29) is 47.9 Å². The number of sulfonamides is 1. The summed E-state index contributed by atoms with van der Waals surface area (Å²) in [6, 6.07) is 5.54. The number of aromatic nitrogens is 2. The van der Waals surface area contributed by atoms with Gasteiger partial charge in [-0.1, -0.05) is 6.07 Å². The fourth-order valence-corrected chi connectivity index (χ4v) is 4.97. The van der Waals surface area contributed by atoms with Gasteiger partial charge in [-0.15, -0.1) is 0 Å². The molecular formula is C17H18N6O5S. The molecule has 3 rings (SSSR count). The second-order valence-electron chi connectivity index (χ2n) is 6.69. The van der Waals surface area contributed by atoms with Gasteiger partial charge < -0.3 is 5.73 Å². The van der Waals surface area contributed by atoms with Crippen LogP contribution in [0.1, 0.15) is 28.8 Å². The number of benzene rings is 1. The maximum Gasteiger partial charge on any atom is 0.270 e. The lowest BCUT2D eigenvalue weighted by atomic mass is 9.97. The van der Waals surface area contributed by atoms with Crippen molar-refractivity contribution in [2.75, 3.05) is 18.8 Å². The SMILES string of the molecule is Cc1ccc([N+](=O)[O-])cc1S(=O)(=O)N1CCC(C(=O)n2ncc(C#N)c2N)CC1. The predicted molar refractivity (Wildman–Crippen MR) is 101 cm³/mol. The van der Waals surface area contributed by atoms with Crippen molar-refractivity contribution < 1.29 is 18.1 Å². The number of non-ortho nitro benzene ring substituents is 1. The lowest BCUT2D eigenvalue weighted by molar-refractivity contribution is -0.385. The van der Waals surface area contributed by atoms with Crippen molar-refractivity contribution in [3.63, 3.8) is 0 Å². The molecule has 2 heterocycles. The Bertz CT molecular complexity index is 1130. The van der Waals surface area contributed by atoms with Crippen LogP contribution in [-0.2, 0) is 10.0 Å². The van der Waals surface area contributed by atoms with Crippen LogP contribution in [0.4, 0.5) is 11.5 Å². The molecule has 11 nitrogen and oxygen atoms in total. The minimum atomic E-state index is -3.94. The highest BCUT2D eigenvalue weighted by atomic mass is 32.2.